The second kappa shape index (κ2) is 2.25. The first-order valence-corrected chi connectivity index (χ1v) is 4.72. The average molecular weight is 178 g/mol. The lowest BCUT2D eigenvalue weighted by Gasteiger charge is -2.09. The van der Waals surface area contributed by atoms with Crippen LogP contribution in [0.3, 0.4) is 0 Å². The molecule has 0 aliphatic heterocycles. The van der Waals surface area contributed by atoms with Crippen molar-refractivity contribution >= 4 is 5.91 Å². The summed E-state index contributed by atoms with van der Waals surface area (Å²) in [5.74, 6) is 0.211. The molecule has 3 nitrogen and oxygen atoms in total. The Hall–Kier alpha value is -1.04. The van der Waals surface area contributed by atoms with Crippen molar-refractivity contribution < 1.29 is 4.79 Å². The van der Waals surface area contributed by atoms with E-state index in [1.54, 1.807) is 0 Å². The van der Waals surface area contributed by atoms with Gasteiger partial charge in [0, 0.05) is 5.92 Å². The second-order valence-corrected chi connectivity index (χ2v) is 4.93. The Labute approximate surface area is 78.1 Å². The van der Waals surface area contributed by atoms with Crippen molar-refractivity contribution in [3.63, 3.8) is 0 Å². The summed E-state index contributed by atoms with van der Waals surface area (Å²) < 4.78 is 0. The van der Waals surface area contributed by atoms with Crippen LogP contribution in [0.2, 0.25) is 0 Å². The molecule has 0 heterocycles. The van der Waals surface area contributed by atoms with E-state index in [9.17, 15) is 4.79 Å². The Morgan fingerprint density at radius 3 is 2.38 bits per heavy atom. The molecule has 1 atom stereocenters. The Kier molecular flexibility index (Phi) is 1.48. The van der Waals surface area contributed by atoms with Gasteiger partial charge in [-0.05, 0) is 24.7 Å². The minimum Gasteiger partial charge on any atom is -0.338 e. The van der Waals surface area contributed by atoms with E-state index < -0.39 is 5.54 Å². The molecule has 1 N–H and O–H groups in total. The molecule has 3 heteroatoms. The van der Waals surface area contributed by atoms with E-state index in [4.69, 9.17) is 5.26 Å². The molecule has 2 saturated carbocycles. The van der Waals surface area contributed by atoms with E-state index in [1.807, 2.05) is 0 Å². The molecule has 0 aromatic heterocycles. The first-order chi connectivity index (χ1) is 5.99. The van der Waals surface area contributed by atoms with Crippen LogP contribution in [-0.4, -0.2) is 11.4 Å². The first kappa shape index (κ1) is 8.55. The molecular weight excluding hydrogens is 164 g/mol. The monoisotopic (exact) mass is 178 g/mol. The van der Waals surface area contributed by atoms with Gasteiger partial charge in [0.2, 0.25) is 5.91 Å². The van der Waals surface area contributed by atoms with Crippen LogP contribution >= 0.6 is 0 Å². The third-order valence-electron chi connectivity index (χ3n) is 3.16. The molecule has 0 aromatic carbocycles. The van der Waals surface area contributed by atoms with E-state index >= 15 is 0 Å². The highest BCUT2D eigenvalue weighted by atomic mass is 16.2. The molecule has 0 aromatic rings. The highest BCUT2D eigenvalue weighted by Crippen LogP contribution is 2.52. The van der Waals surface area contributed by atoms with Crippen LogP contribution in [0.4, 0.5) is 0 Å². The van der Waals surface area contributed by atoms with Gasteiger partial charge in [-0.2, -0.15) is 5.26 Å². The largest absolute Gasteiger partial charge is 0.338 e. The molecule has 2 aliphatic rings. The van der Waals surface area contributed by atoms with Crippen LogP contribution < -0.4 is 5.32 Å². The zero-order valence-corrected chi connectivity index (χ0v) is 8.05. The van der Waals surface area contributed by atoms with Crippen LogP contribution in [-0.2, 0) is 4.79 Å². The normalized spacial score (nSPS) is 31.6. The number of hydrogen-bond donors (Lipinski definition) is 1. The predicted molar refractivity (Wildman–Crippen MR) is 47.6 cm³/mol. The molecule has 0 saturated heterocycles. The van der Waals surface area contributed by atoms with Gasteiger partial charge in [-0.1, -0.05) is 13.8 Å². The van der Waals surface area contributed by atoms with Crippen molar-refractivity contribution in [2.75, 3.05) is 0 Å². The summed E-state index contributed by atoms with van der Waals surface area (Å²) in [5.41, 5.74) is -0.328. The van der Waals surface area contributed by atoms with Crippen molar-refractivity contribution in [2.45, 2.75) is 38.6 Å². The van der Waals surface area contributed by atoms with Crippen molar-refractivity contribution in [1.29, 1.82) is 5.26 Å². The van der Waals surface area contributed by atoms with E-state index in [-0.39, 0.29) is 17.2 Å². The van der Waals surface area contributed by atoms with Crippen LogP contribution in [0.5, 0.6) is 0 Å². The van der Waals surface area contributed by atoms with Gasteiger partial charge in [-0.3, -0.25) is 4.79 Å². The van der Waals surface area contributed by atoms with Gasteiger partial charge in [0.1, 0.15) is 5.54 Å². The van der Waals surface area contributed by atoms with Gasteiger partial charge in [-0.25, -0.2) is 0 Å². The highest BCUT2D eigenvalue weighted by molar-refractivity contribution is 5.83. The number of carbonyl (C=O) groups is 1. The molecule has 2 rings (SSSR count). The van der Waals surface area contributed by atoms with Crippen LogP contribution in [0.15, 0.2) is 0 Å². The highest BCUT2D eigenvalue weighted by Gasteiger charge is 2.54. The first-order valence-electron chi connectivity index (χ1n) is 4.72. The van der Waals surface area contributed by atoms with E-state index in [0.717, 1.165) is 19.3 Å². The molecule has 0 bridgehead atoms. The number of nitrogens with one attached hydrogen (secondary N) is 1. The minimum absolute atomic E-state index is 0.0732. The van der Waals surface area contributed by atoms with Crippen LogP contribution in [0.1, 0.15) is 33.1 Å². The number of amides is 1. The third-order valence-corrected chi connectivity index (χ3v) is 3.16. The Morgan fingerprint density at radius 1 is 1.54 bits per heavy atom. The molecule has 13 heavy (non-hydrogen) atoms. The minimum atomic E-state index is -0.490. The summed E-state index contributed by atoms with van der Waals surface area (Å²) >= 11 is 0. The summed E-state index contributed by atoms with van der Waals surface area (Å²) in [6, 6.07) is 2.16. The molecule has 2 aliphatic carbocycles. The fourth-order valence-corrected chi connectivity index (χ4v) is 1.63. The molecule has 0 spiro atoms. The third kappa shape index (κ3) is 1.41. The smallest absolute Gasteiger partial charge is 0.224 e. The zero-order valence-electron chi connectivity index (χ0n) is 8.05. The average Bonchev–Trinajstić information content (AvgIpc) is 2.90. The number of rotatable bonds is 2. The second-order valence-electron chi connectivity index (χ2n) is 4.93. The summed E-state index contributed by atoms with van der Waals surface area (Å²) in [6.07, 6.45) is 2.60. The fraction of sp³-hybridized carbons (Fsp3) is 0.800. The van der Waals surface area contributed by atoms with Gasteiger partial charge in [0.05, 0.1) is 6.07 Å². The lowest BCUT2D eigenvalue weighted by Crippen LogP contribution is -2.37. The van der Waals surface area contributed by atoms with Gasteiger partial charge < -0.3 is 5.32 Å². The predicted octanol–water partition coefficient (Wildman–Crippen LogP) is 1.20. The Morgan fingerprint density at radius 2 is 2.08 bits per heavy atom. The SMILES string of the molecule is CC1(C)C[C@@H]1C(=O)NC1(C#N)CC1. The quantitative estimate of drug-likeness (QED) is 0.690. The summed E-state index contributed by atoms with van der Waals surface area (Å²) in [6.45, 7) is 4.17. The van der Waals surface area contributed by atoms with Crippen molar-refractivity contribution in [3.8, 4) is 6.07 Å². The molecule has 2 fully saturated rings. The van der Waals surface area contributed by atoms with Gasteiger partial charge in [-0.15, -0.1) is 0 Å². The summed E-state index contributed by atoms with van der Waals surface area (Å²) in [7, 11) is 0. The Bertz CT molecular complexity index is 297. The summed E-state index contributed by atoms with van der Waals surface area (Å²) in [5, 5.41) is 11.6. The van der Waals surface area contributed by atoms with Crippen molar-refractivity contribution in [1.82, 2.24) is 5.32 Å². The maximum atomic E-state index is 11.6. The lowest BCUT2D eigenvalue weighted by atomic mass is 10.1. The van der Waals surface area contributed by atoms with Gasteiger partial charge in [0.25, 0.3) is 0 Å². The van der Waals surface area contributed by atoms with Crippen molar-refractivity contribution in [3.05, 3.63) is 0 Å². The number of nitrogens with zero attached hydrogens (tertiary/aromatic N) is 1. The maximum Gasteiger partial charge on any atom is 0.224 e. The number of carbonyl (C=O) groups excluding carboxylic acids is 1. The van der Waals surface area contributed by atoms with E-state index in [2.05, 4.69) is 25.2 Å². The van der Waals surface area contributed by atoms with Crippen molar-refractivity contribution in [2.24, 2.45) is 11.3 Å². The van der Waals surface area contributed by atoms with Crippen LogP contribution in [0, 0.1) is 22.7 Å². The topological polar surface area (TPSA) is 52.9 Å². The zero-order chi connectivity index (χ0) is 9.69. The Balaban J connectivity index is 1.91. The molecule has 70 valence electrons. The molecule has 1 amide bonds. The number of nitriles is 1. The maximum absolute atomic E-state index is 11.6. The molecular formula is C10H14N2O. The van der Waals surface area contributed by atoms with Gasteiger partial charge >= 0.3 is 0 Å². The molecule has 0 radical (unpaired) electrons. The lowest BCUT2D eigenvalue weighted by molar-refractivity contribution is -0.123. The van der Waals surface area contributed by atoms with Crippen LogP contribution in [0.25, 0.3) is 0 Å². The fourth-order valence-electron chi connectivity index (χ4n) is 1.63. The molecule has 0 unspecified atom stereocenters. The summed E-state index contributed by atoms with van der Waals surface area (Å²) in [4.78, 5) is 11.6. The van der Waals surface area contributed by atoms with E-state index in [0.29, 0.717) is 0 Å². The standard InChI is InChI=1S/C10H14N2O/c1-9(2)5-7(9)8(13)12-10(6-11)3-4-10/h7H,3-5H2,1-2H3,(H,12,13)/t7-/m1/s1. The van der Waals surface area contributed by atoms with E-state index in [1.165, 1.54) is 0 Å². The van der Waals surface area contributed by atoms with Gasteiger partial charge in [0.15, 0.2) is 0 Å². The number of hydrogen-bond acceptors (Lipinski definition) is 2.